The third kappa shape index (κ3) is 3.21. The second kappa shape index (κ2) is 7.41. The number of aromatic amines is 1. The molecule has 0 radical (unpaired) electrons. The summed E-state index contributed by atoms with van der Waals surface area (Å²) in [5, 5.41) is 1.60. The van der Waals surface area contributed by atoms with Gasteiger partial charge in [-0.15, -0.1) is 0 Å². The van der Waals surface area contributed by atoms with E-state index >= 15 is 0 Å². The van der Waals surface area contributed by atoms with Gasteiger partial charge in [-0.2, -0.15) is 4.31 Å². The first-order chi connectivity index (χ1) is 14.4. The summed E-state index contributed by atoms with van der Waals surface area (Å²) in [6.07, 6.45) is 1.96. The van der Waals surface area contributed by atoms with Crippen molar-refractivity contribution < 1.29 is 13.2 Å². The van der Waals surface area contributed by atoms with Crippen LogP contribution in [0.25, 0.3) is 10.9 Å². The number of benzene rings is 2. The number of fused-ring (bicyclic) bond motifs is 3. The maximum atomic E-state index is 13.4. The van der Waals surface area contributed by atoms with Crippen LogP contribution in [-0.4, -0.2) is 47.6 Å². The Morgan fingerprint density at radius 2 is 1.83 bits per heavy atom. The molecular weight excluding hydrogens is 422 g/mol. The summed E-state index contributed by atoms with van der Waals surface area (Å²) in [6.45, 7) is 1.45. The Kier molecular flexibility index (Phi) is 4.84. The van der Waals surface area contributed by atoms with Gasteiger partial charge < -0.3 is 9.88 Å². The molecule has 1 fully saturated rings. The molecule has 1 atom stereocenters. The Morgan fingerprint density at radius 1 is 1.07 bits per heavy atom. The van der Waals surface area contributed by atoms with Crippen molar-refractivity contribution in [3.8, 4) is 0 Å². The lowest BCUT2D eigenvalue weighted by Crippen LogP contribution is -2.48. The number of para-hydroxylation sites is 1. The van der Waals surface area contributed by atoms with E-state index in [4.69, 9.17) is 11.6 Å². The van der Waals surface area contributed by atoms with Crippen LogP contribution in [-0.2, 0) is 27.8 Å². The van der Waals surface area contributed by atoms with E-state index < -0.39 is 16.1 Å². The lowest BCUT2D eigenvalue weighted by Gasteiger charge is -2.32. The van der Waals surface area contributed by atoms with Crippen molar-refractivity contribution in [2.75, 3.05) is 13.1 Å². The summed E-state index contributed by atoms with van der Waals surface area (Å²) >= 11 is 5.90. The molecule has 1 aromatic heterocycles. The molecule has 1 saturated heterocycles. The highest BCUT2D eigenvalue weighted by molar-refractivity contribution is 7.89. The monoisotopic (exact) mass is 443 g/mol. The van der Waals surface area contributed by atoms with Crippen LogP contribution < -0.4 is 0 Å². The number of aromatic nitrogens is 1. The highest BCUT2D eigenvalue weighted by Gasteiger charge is 2.41. The first-order valence-corrected chi connectivity index (χ1v) is 11.9. The van der Waals surface area contributed by atoms with E-state index in [2.05, 4.69) is 11.1 Å². The maximum absolute atomic E-state index is 13.4. The van der Waals surface area contributed by atoms with Crippen molar-refractivity contribution in [2.24, 2.45) is 0 Å². The van der Waals surface area contributed by atoms with Crippen molar-refractivity contribution >= 4 is 38.4 Å². The van der Waals surface area contributed by atoms with Crippen LogP contribution in [0.1, 0.15) is 24.1 Å². The predicted molar refractivity (Wildman–Crippen MR) is 116 cm³/mol. The maximum Gasteiger partial charge on any atom is 0.243 e. The Morgan fingerprint density at radius 3 is 2.63 bits per heavy atom. The smallest absolute Gasteiger partial charge is 0.243 e. The van der Waals surface area contributed by atoms with Crippen LogP contribution in [0.15, 0.2) is 53.4 Å². The number of hydrogen-bond acceptors (Lipinski definition) is 3. The summed E-state index contributed by atoms with van der Waals surface area (Å²) in [7, 11) is -3.75. The molecule has 1 N–H and O–H groups in total. The van der Waals surface area contributed by atoms with Gasteiger partial charge >= 0.3 is 0 Å². The fraction of sp³-hybridized carbons (Fsp3) is 0.318. The number of carbonyl (C=O) groups excluding carboxylic acids is 1. The van der Waals surface area contributed by atoms with Gasteiger partial charge in [0, 0.05) is 53.2 Å². The number of sulfonamides is 1. The summed E-state index contributed by atoms with van der Waals surface area (Å²) in [4.78, 5) is 18.8. The number of rotatable bonds is 3. The fourth-order valence-electron chi connectivity index (χ4n) is 4.58. The van der Waals surface area contributed by atoms with E-state index in [0.29, 0.717) is 37.5 Å². The molecule has 1 amide bonds. The Hall–Kier alpha value is -2.35. The van der Waals surface area contributed by atoms with E-state index in [1.807, 2.05) is 23.1 Å². The largest absolute Gasteiger partial charge is 0.358 e. The number of H-pyrrole nitrogens is 1. The van der Waals surface area contributed by atoms with Crippen LogP contribution in [0.2, 0.25) is 5.02 Å². The zero-order valence-corrected chi connectivity index (χ0v) is 17.9. The van der Waals surface area contributed by atoms with E-state index in [0.717, 1.165) is 28.6 Å². The molecule has 3 aromatic rings. The minimum atomic E-state index is -3.75. The molecule has 156 valence electrons. The molecule has 2 aliphatic rings. The number of nitrogens with zero attached hydrogens (tertiary/aromatic N) is 2. The molecule has 2 aliphatic heterocycles. The molecule has 0 saturated carbocycles. The van der Waals surface area contributed by atoms with Crippen LogP contribution in [0.5, 0.6) is 0 Å². The first-order valence-electron chi connectivity index (χ1n) is 10.1. The molecule has 0 unspecified atom stereocenters. The summed E-state index contributed by atoms with van der Waals surface area (Å²) in [5.74, 6) is -0.110. The van der Waals surface area contributed by atoms with Crippen LogP contribution in [0.3, 0.4) is 0 Å². The van der Waals surface area contributed by atoms with E-state index in [1.165, 1.54) is 16.4 Å². The Balaban J connectivity index is 1.41. The molecule has 5 rings (SSSR count). The van der Waals surface area contributed by atoms with Gasteiger partial charge in [0.05, 0.1) is 4.90 Å². The normalized spacial score (nSPS) is 19.9. The van der Waals surface area contributed by atoms with Crippen molar-refractivity contribution in [2.45, 2.75) is 36.7 Å². The molecule has 0 aliphatic carbocycles. The van der Waals surface area contributed by atoms with Gasteiger partial charge in [0.15, 0.2) is 0 Å². The van der Waals surface area contributed by atoms with Gasteiger partial charge in [0.2, 0.25) is 15.9 Å². The van der Waals surface area contributed by atoms with Gasteiger partial charge in [-0.3, -0.25) is 4.79 Å². The molecule has 8 heteroatoms. The average Bonchev–Trinajstić information content (AvgIpc) is 3.38. The highest BCUT2D eigenvalue weighted by Crippen LogP contribution is 2.31. The molecule has 0 spiro atoms. The summed E-state index contributed by atoms with van der Waals surface area (Å²) < 4.78 is 27.7. The number of nitrogens with one attached hydrogen (secondary N) is 1. The van der Waals surface area contributed by atoms with E-state index in [1.54, 1.807) is 12.1 Å². The minimum Gasteiger partial charge on any atom is -0.358 e. The van der Waals surface area contributed by atoms with Crippen molar-refractivity contribution in [1.82, 2.24) is 14.2 Å². The third-order valence-electron chi connectivity index (χ3n) is 6.10. The minimum absolute atomic E-state index is 0.110. The fourth-order valence-corrected chi connectivity index (χ4v) is 6.36. The van der Waals surface area contributed by atoms with Crippen molar-refractivity contribution in [1.29, 1.82) is 0 Å². The topological polar surface area (TPSA) is 73.5 Å². The number of amides is 1. The molecule has 2 aromatic carbocycles. The average molecular weight is 444 g/mol. The van der Waals surface area contributed by atoms with Gasteiger partial charge in [0.1, 0.15) is 6.04 Å². The van der Waals surface area contributed by atoms with Crippen LogP contribution in [0, 0.1) is 0 Å². The third-order valence-corrected chi connectivity index (χ3v) is 8.28. The van der Waals surface area contributed by atoms with E-state index in [-0.39, 0.29) is 10.8 Å². The quantitative estimate of drug-likeness (QED) is 0.672. The summed E-state index contributed by atoms with van der Waals surface area (Å²) in [6, 6.07) is 13.5. The predicted octanol–water partition coefficient (Wildman–Crippen LogP) is 3.56. The van der Waals surface area contributed by atoms with Crippen LogP contribution in [0.4, 0.5) is 0 Å². The van der Waals surface area contributed by atoms with Gasteiger partial charge in [-0.05, 0) is 43.2 Å². The molecule has 0 bridgehead atoms. The van der Waals surface area contributed by atoms with Gasteiger partial charge in [-0.1, -0.05) is 29.8 Å². The molecule has 6 nitrogen and oxygen atoms in total. The second-order valence-corrected chi connectivity index (χ2v) is 10.2. The molecule has 3 heterocycles. The SMILES string of the molecule is O=C([C@H]1CCCN1S(=O)(=O)c1ccc(Cl)cc1)N1CCc2[nH]c3ccccc3c2C1. The van der Waals surface area contributed by atoms with Crippen LogP contribution >= 0.6 is 11.6 Å². The second-order valence-electron chi connectivity index (χ2n) is 7.87. The standard InChI is InChI=1S/C22H22ClN3O3S/c23-15-7-9-16(10-8-15)30(28,29)26-12-3-6-21(26)22(27)25-13-11-20-18(14-25)17-4-1-2-5-19(17)24-20/h1-2,4-5,7-10,21,24H,3,6,11-14H2/t21-/m1/s1. The Bertz CT molecular complexity index is 1220. The van der Waals surface area contributed by atoms with Gasteiger partial charge in [-0.25, -0.2) is 8.42 Å². The number of hydrogen-bond donors (Lipinski definition) is 1. The zero-order chi connectivity index (χ0) is 20.9. The van der Waals surface area contributed by atoms with Crippen molar-refractivity contribution in [3.63, 3.8) is 0 Å². The zero-order valence-electron chi connectivity index (χ0n) is 16.3. The van der Waals surface area contributed by atoms with Crippen molar-refractivity contribution in [3.05, 3.63) is 64.8 Å². The summed E-state index contributed by atoms with van der Waals surface area (Å²) in [5.41, 5.74) is 3.37. The lowest BCUT2D eigenvalue weighted by molar-refractivity contribution is -0.135. The lowest BCUT2D eigenvalue weighted by atomic mass is 10.0. The molecule has 30 heavy (non-hydrogen) atoms. The van der Waals surface area contributed by atoms with E-state index in [9.17, 15) is 13.2 Å². The first kappa shape index (κ1) is 19.6. The highest BCUT2D eigenvalue weighted by atomic mass is 35.5. The van der Waals surface area contributed by atoms with Gasteiger partial charge in [0.25, 0.3) is 0 Å². The number of carbonyl (C=O) groups is 1. The Labute approximate surface area is 180 Å². The molecular formula is C22H22ClN3O3S. The number of halogens is 1.